The molecule has 2 rings (SSSR count). The normalized spacial score (nSPS) is 19.9. The van der Waals surface area contributed by atoms with E-state index in [1.807, 2.05) is 0 Å². The maximum atomic E-state index is 12.0. The van der Waals surface area contributed by atoms with Crippen molar-refractivity contribution < 1.29 is 4.79 Å². The highest BCUT2D eigenvalue weighted by molar-refractivity contribution is 6.31. The van der Waals surface area contributed by atoms with Crippen LogP contribution in [0.25, 0.3) is 0 Å². The maximum absolute atomic E-state index is 12.0. The molecule has 16 heavy (non-hydrogen) atoms. The van der Waals surface area contributed by atoms with Crippen molar-refractivity contribution in [1.82, 2.24) is 10.3 Å². The van der Waals surface area contributed by atoms with Crippen LogP contribution in [0.1, 0.15) is 23.2 Å². The van der Waals surface area contributed by atoms with Gasteiger partial charge in [-0.3, -0.25) is 4.79 Å². The van der Waals surface area contributed by atoms with E-state index >= 15 is 0 Å². The van der Waals surface area contributed by atoms with Crippen LogP contribution in [0.4, 0.5) is 5.82 Å². The Kier molecular flexibility index (Phi) is 3.41. The van der Waals surface area contributed by atoms with Crippen LogP contribution in [0.5, 0.6) is 0 Å². The molecule has 0 amide bonds. The zero-order chi connectivity index (χ0) is 11.5. The number of aromatic nitrogens is 1. The summed E-state index contributed by atoms with van der Waals surface area (Å²) in [7, 11) is 0. The third-order valence-corrected chi connectivity index (χ3v) is 3.03. The second-order valence-corrected chi connectivity index (χ2v) is 4.51. The number of carbonyl (C=O) groups is 1. The number of hydrogen-bond acceptors (Lipinski definition) is 4. The molecule has 0 spiro atoms. The van der Waals surface area contributed by atoms with E-state index < -0.39 is 0 Å². The molecule has 0 bridgehead atoms. The molecule has 0 aromatic carbocycles. The summed E-state index contributed by atoms with van der Waals surface area (Å²) in [6, 6.07) is 1.59. The summed E-state index contributed by atoms with van der Waals surface area (Å²) in [5.41, 5.74) is 6.10. The van der Waals surface area contributed by atoms with E-state index in [4.69, 9.17) is 17.3 Å². The Hall–Kier alpha value is -1.13. The van der Waals surface area contributed by atoms with Gasteiger partial charge in [0.2, 0.25) is 0 Å². The fourth-order valence-electron chi connectivity index (χ4n) is 1.93. The summed E-state index contributed by atoms with van der Waals surface area (Å²) >= 11 is 5.79. The molecular weight excluding hydrogens is 226 g/mol. The number of ketones is 1. The molecule has 4 nitrogen and oxygen atoms in total. The number of nitrogen functional groups attached to an aromatic ring is 1. The van der Waals surface area contributed by atoms with E-state index in [0.717, 1.165) is 19.5 Å². The standard InChI is InChI=1S/C11H14ClN3O/c12-8-4-9(11(13)15-6-8)10(16)3-7-1-2-14-5-7/h4,6-7,14H,1-3,5H2,(H2,13,15). The molecule has 2 heterocycles. The molecule has 1 aromatic heterocycles. The zero-order valence-corrected chi connectivity index (χ0v) is 9.63. The SMILES string of the molecule is Nc1ncc(Cl)cc1C(=O)CC1CCNC1. The van der Waals surface area contributed by atoms with Crippen molar-refractivity contribution in [3.8, 4) is 0 Å². The molecule has 1 saturated heterocycles. The van der Waals surface area contributed by atoms with Gasteiger partial charge in [-0.05, 0) is 31.5 Å². The fraction of sp³-hybridized carbons (Fsp3) is 0.455. The van der Waals surface area contributed by atoms with Crippen LogP contribution < -0.4 is 11.1 Å². The molecular formula is C11H14ClN3O. The lowest BCUT2D eigenvalue weighted by atomic mass is 9.98. The van der Waals surface area contributed by atoms with Gasteiger partial charge in [-0.15, -0.1) is 0 Å². The first-order valence-electron chi connectivity index (χ1n) is 5.32. The van der Waals surface area contributed by atoms with Crippen LogP contribution in [-0.2, 0) is 0 Å². The molecule has 3 N–H and O–H groups in total. The van der Waals surface area contributed by atoms with Crippen molar-refractivity contribution in [2.75, 3.05) is 18.8 Å². The number of nitrogens with one attached hydrogen (secondary N) is 1. The third kappa shape index (κ3) is 2.51. The van der Waals surface area contributed by atoms with E-state index in [2.05, 4.69) is 10.3 Å². The molecule has 1 atom stereocenters. The van der Waals surface area contributed by atoms with Gasteiger partial charge in [-0.25, -0.2) is 4.98 Å². The molecule has 1 aliphatic heterocycles. The monoisotopic (exact) mass is 239 g/mol. The van der Waals surface area contributed by atoms with Crippen LogP contribution in [0.3, 0.4) is 0 Å². The van der Waals surface area contributed by atoms with Crippen molar-refractivity contribution in [1.29, 1.82) is 0 Å². The van der Waals surface area contributed by atoms with E-state index in [9.17, 15) is 4.79 Å². The van der Waals surface area contributed by atoms with Crippen molar-refractivity contribution >= 4 is 23.2 Å². The Morgan fingerprint density at radius 3 is 3.19 bits per heavy atom. The van der Waals surface area contributed by atoms with Gasteiger partial charge in [0.1, 0.15) is 5.82 Å². The van der Waals surface area contributed by atoms with Gasteiger partial charge in [0.25, 0.3) is 0 Å². The van der Waals surface area contributed by atoms with Gasteiger partial charge >= 0.3 is 0 Å². The number of anilines is 1. The number of carbonyl (C=O) groups excluding carboxylic acids is 1. The Bertz CT molecular complexity index is 402. The average Bonchev–Trinajstić information content (AvgIpc) is 2.74. The number of nitrogens with zero attached hydrogens (tertiary/aromatic N) is 1. The quantitative estimate of drug-likeness (QED) is 0.785. The van der Waals surface area contributed by atoms with E-state index in [-0.39, 0.29) is 11.6 Å². The van der Waals surface area contributed by atoms with Crippen molar-refractivity contribution in [2.24, 2.45) is 5.92 Å². The second kappa shape index (κ2) is 4.80. The minimum atomic E-state index is 0.0289. The summed E-state index contributed by atoms with van der Waals surface area (Å²) in [5, 5.41) is 3.68. The van der Waals surface area contributed by atoms with E-state index in [1.165, 1.54) is 6.20 Å². The lowest BCUT2D eigenvalue weighted by molar-refractivity contribution is 0.0965. The first kappa shape index (κ1) is 11.4. The number of rotatable bonds is 3. The molecule has 1 aliphatic rings. The smallest absolute Gasteiger partial charge is 0.166 e. The summed E-state index contributed by atoms with van der Waals surface area (Å²) in [6.45, 7) is 1.89. The number of hydrogen-bond donors (Lipinski definition) is 2. The number of Topliss-reactive ketones (excluding diaryl/α,β-unsaturated/α-hetero) is 1. The number of nitrogens with two attached hydrogens (primary N) is 1. The van der Waals surface area contributed by atoms with Gasteiger partial charge in [0.15, 0.2) is 5.78 Å². The van der Waals surface area contributed by atoms with Crippen LogP contribution in [0.2, 0.25) is 5.02 Å². The Morgan fingerprint density at radius 2 is 2.50 bits per heavy atom. The van der Waals surface area contributed by atoms with Gasteiger partial charge in [0.05, 0.1) is 10.6 Å². The highest BCUT2D eigenvalue weighted by Gasteiger charge is 2.20. The molecule has 1 fully saturated rings. The topological polar surface area (TPSA) is 68.0 Å². The summed E-state index contributed by atoms with van der Waals surface area (Å²) < 4.78 is 0. The third-order valence-electron chi connectivity index (χ3n) is 2.82. The minimum Gasteiger partial charge on any atom is -0.383 e. The Morgan fingerprint density at radius 1 is 1.69 bits per heavy atom. The zero-order valence-electron chi connectivity index (χ0n) is 8.87. The highest BCUT2D eigenvalue weighted by Crippen LogP contribution is 2.20. The molecule has 5 heteroatoms. The highest BCUT2D eigenvalue weighted by atomic mass is 35.5. The first-order valence-corrected chi connectivity index (χ1v) is 5.69. The predicted molar refractivity (Wildman–Crippen MR) is 63.6 cm³/mol. The summed E-state index contributed by atoms with van der Waals surface area (Å²) in [5.74, 6) is 0.701. The first-order chi connectivity index (χ1) is 7.66. The Balaban J connectivity index is 2.10. The lowest BCUT2D eigenvalue weighted by Crippen LogP contribution is -2.14. The molecule has 0 radical (unpaired) electrons. The minimum absolute atomic E-state index is 0.0289. The van der Waals surface area contributed by atoms with E-state index in [0.29, 0.717) is 22.9 Å². The molecule has 86 valence electrons. The van der Waals surface area contributed by atoms with Crippen LogP contribution in [0, 0.1) is 5.92 Å². The average molecular weight is 240 g/mol. The fourth-order valence-corrected chi connectivity index (χ4v) is 2.09. The van der Waals surface area contributed by atoms with Crippen LogP contribution >= 0.6 is 11.6 Å². The van der Waals surface area contributed by atoms with Gasteiger partial charge in [0, 0.05) is 12.6 Å². The van der Waals surface area contributed by atoms with Gasteiger partial charge in [-0.2, -0.15) is 0 Å². The molecule has 1 aromatic rings. The van der Waals surface area contributed by atoms with Crippen LogP contribution in [0.15, 0.2) is 12.3 Å². The molecule has 1 unspecified atom stereocenters. The molecule has 0 saturated carbocycles. The van der Waals surface area contributed by atoms with Gasteiger partial charge in [-0.1, -0.05) is 11.6 Å². The predicted octanol–water partition coefficient (Wildman–Crippen LogP) is 1.50. The summed E-state index contributed by atoms with van der Waals surface area (Å²) in [6.07, 6.45) is 3.00. The largest absolute Gasteiger partial charge is 0.383 e. The van der Waals surface area contributed by atoms with Crippen molar-refractivity contribution in [2.45, 2.75) is 12.8 Å². The number of pyridine rings is 1. The molecule has 0 aliphatic carbocycles. The maximum Gasteiger partial charge on any atom is 0.166 e. The van der Waals surface area contributed by atoms with Crippen molar-refractivity contribution in [3.05, 3.63) is 22.8 Å². The summed E-state index contributed by atoms with van der Waals surface area (Å²) in [4.78, 5) is 15.9. The lowest BCUT2D eigenvalue weighted by Gasteiger charge is -2.08. The Labute approximate surface area is 99.2 Å². The second-order valence-electron chi connectivity index (χ2n) is 4.07. The van der Waals surface area contributed by atoms with E-state index in [1.54, 1.807) is 6.07 Å². The number of halogens is 1. The van der Waals surface area contributed by atoms with Gasteiger partial charge < -0.3 is 11.1 Å². The van der Waals surface area contributed by atoms with Crippen molar-refractivity contribution in [3.63, 3.8) is 0 Å². The van der Waals surface area contributed by atoms with Crippen LogP contribution in [-0.4, -0.2) is 23.9 Å².